The van der Waals surface area contributed by atoms with Crippen LogP contribution in [0.15, 0.2) is 24.0 Å². The zero-order valence-corrected chi connectivity index (χ0v) is 7.60. The van der Waals surface area contributed by atoms with Crippen LogP contribution < -0.4 is 0 Å². The summed E-state index contributed by atoms with van der Waals surface area (Å²) in [4.78, 5) is 13.6. The molecule has 0 saturated heterocycles. The first-order valence-electron chi connectivity index (χ1n) is 3.90. The average Bonchev–Trinajstić information content (AvgIpc) is 2.47. The number of nitro groups is 1. The minimum absolute atomic E-state index is 0.113. The molecule has 0 aliphatic rings. The fraction of sp³-hybridized carbons (Fsp3) is 0.375. The topological polar surface area (TPSA) is 61.0 Å². The Morgan fingerprint density at radius 3 is 3.00 bits per heavy atom. The lowest BCUT2D eigenvalue weighted by Gasteiger charge is -1.97. The highest BCUT2D eigenvalue weighted by atomic mass is 16.6. The van der Waals surface area contributed by atoms with Gasteiger partial charge in [0.2, 0.25) is 0 Å². The van der Waals surface area contributed by atoms with E-state index in [1.54, 1.807) is 6.20 Å². The summed E-state index contributed by atoms with van der Waals surface area (Å²) in [6, 6.07) is 0. The van der Waals surface area contributed by atoms with Gasteiger partial charge in [0.15, 0.2) is 0 Å². The normalized spacial score (nSPS) is 9.69. The van der Waals surface area contributed by atoms with Gasteiger partial charge in [-0.15, -0.1) is 0 Å². The van der Waals surface area contributed by atoms with Gasteiger partial charge in [0.1, 0.15) is 12.4 Å². The molecule has 1 aromatic rings. The molecule has 0 spiro atoms. The van der Waals surface area contributed by atoms with Crippen molar-refractivity contribution in [2.24, 2.45) is 0 Å². The molecule has 0 aromatic carbocycles. The third kappa shape index (κ3) is 2.40. The molecule has 0 radical (unpaired) electrons. The third-order valence-corrected chi connectivity index (χ3v) is 1.55. The molecule has 0 bridgehead atoms. The van der Waals surface area contributed by atoms with Gasteiger partial charge in [-0.05, 0) is 18.8 Å². The maximum atomic E-state index is 10.4. The quantitative estimate of drug-likeness (QED) is 0.405. The van der Waals surface area contributed by atoms with Crippen LogP contribution in [0.2, 0.25) is 0 Å². The number of hydrogen-bond donors (Lipinski definition) is 0. The molecule has 0 N–H and O–H groups in total. The van der Waals surface area contributed by atoms with Gasteiger partial charge < -0.3 is 10.1 Å². The molecule has 0 aliphatic heterocycles. The molecule has 0 atom stereocenters. The number of imidazole rings is 1. The first-order chi connectivity index (χ1) is 6.11. The lowest BCUT2D eigenvalue weighted by molar-refractivity contribution is -0.396. The van der Waals surface area contributed by atoms with Crippen molar-refractivity contribution in [1.29, 1.82) is 0 Å². The Morgan fingerprint density at radius 2 is 2.46 bits per heavy atom. The summed E-state index contributed by atoms with van der Waals surface area (Å²) in [5.41, 5.74) is 1.13. The highest BCUT2D eigenvalue weighted by Gasteiger charge is 2.11. The molecule has 1 heterocycles. The smallest absolute Gasteiger partial charge is 0.390 e. The summed E-state index contributed by atoms with van der Waals surface area (Å²) in [6.07, 6.45) is 4.93. The minimum atomic E-state index is -0.487. The standard InChI is InChI=1S/C8H11N3O2/c1-7(2)3-5-10-6-4-9-8(10)11(12)13/h3-4,6H,5H2,1-2H3. The molecule has 5 heteroatoms. The fourth-order valence-corrected chi connectivity index (χ4v) is 0.897. The van der Waals surface area contributed by atoms with Gasteiger partial charge in [-0.25, -0.2) is 4.57 Å². The number of hydrogen-bond acceptors (Lipinski definition) is 3. The van der Waals surface area contributed by atoms with Gasteiger partial charge in [0, 0.05) is 0 Å². The van der Waals surface area contributed by atoms with Crippen LogP contribution in [0.5, 0.6) is 0 Å². The molecule has 1 rings (SSSR count). The highest BCUT2D eigenvalue weighted by Crippen LogP contribution is 2.07. The van der Waals surface area contributed by atoms with Crippen molar-refractivity contribution in [3.05, 3.63) is 34.2 Å². The van der Waals surface area contributed by atoms with Gasteiger partial charge in [-0.3, -0.25) is 0 Å². The van der Waals surface area contributed by atoms with Gasteiger partial charge in [0.25, 0.3) is 0 Å². The number of rotatable bonds is 3. The van der Waals surface area contributed by atoms with Crippen molar-refractivity contribution in [2.75, 3.05) is 0 Å². The summed E-state index contributed by atoms with van der Waals surface area (Å²) in [5, 5.41) is 10.4. The average molecular weight is 181 g/mol. The predicted molar refractivity (Wildman–Crippen MR) is 48.3 cm³/mol. The summed E-state index contributed by atoms with van der Waals surface area (Å²) in [5.74, 6) is -0.113. The molecule has 0 aliphatic carbocycles. The van der Waals surface area contributed by atoms with Crippen molar-refractivity contribution >= 4 is 5.95 Å². The van der Waals surface area contributed by atoms with Crippen molar-refractivity contribution in [2.45, 2.75) is 20.4 Å². The van der Waals surface area contributed by atoms with E-state index in [2.05, 4.69) is 4.98 Å². The second kappa shape index (κ2) is 3.84. The molecular formula is C8H11N3O2. The van der Waals surface area contributed by atoms with Gasteiger partial charge in [-0.2, -0.15) is 0 Å². The molecule has 0 saturated carbocycles. The van der Waals surface area contributed by atoms with Crippen LogP contribution >= 0.6 is 0 Å². The highest BCUT2D eigenvalue weighted by molar-refractivity contribution is 5.08. The molecule has 13 heavy (non-hydrogen) atoms. The van der Waals surface area contributed by atoms with E-state index >= 15 is 0 Å². The summed E-state index contributed by atoms with van der Waals surface area (Å²) in [7, 11) is 0. The van der Waals surface area contributed by atoms with Crippen molar-refractivity contribution < 1.29 is 4.92 Å². The van der Waals surface area contributed by atoms with Crippen LogP contribution in [-0.4, -0.2) is 14.5 Å². The summed E-state index contributed by atoms with van der Waals surface area (Å²) >= 11 is 0. The van der Waals surface area contributed by atoms with E-state index in [0.717, 1.165) is 5.57 Å². The van der Waals surface area contributed by atoms with Gasteiger partial charge in [-0.1, -0.05) is 16.6 Å². The first kappa shape index (κ1) is 9.44. The lowest BCUT2D eigenvalue weighted by Crippen LogP contribution is -2.01. The van der Waals surface area contributed by atoms with Crippen LogP contribution in [0.1, 0.15) is 13.8 Å². The van der Waals surface area contributed by atoms with Crippen LogP contribution in [0, 0.1) is 10.1 Å². The Balaban J connectivity index is 2.83. The molecule has 0 unspecified atom stereocenters. The molecule has 5 nitrogen and oxygen atoms in total. The van der Waals surface area contributed by atoms with E-state index in [1.807, 2.05) is 19.9 Å². The van der Waals surface area contributed by atoms with Crippen molar-refractivity contribution in [3.63, 3.8) is 0 Å². The van der Waals surface area contributed by atoms with Crippen molar-refractivity contribution in [1.82, 2.24) is 9.55 Å². The summed E-state index contributed by atoms with van der Waals surface area (Å²) in [6.45, 7) is 4.39. The molecule has 0 fully saturated rings. The minimum Gasteiger partial charge on any atom is -0.390 e. The predicted octanol–water partition coefficient (Wildman–Crippen LogP) is 1.76. The maximum absolute atomic E-state index is 10.4. The molecule has 1 aromatic heterocycles. The SMILES string of the molecule is CC(C)=CCn1ccnc1[N+](=O)[O-]. The van der Waals surface area contributed by atoms with Crippen LogP contribution in [0.4, 0.5) is 5.95 Å². The maximum Gasteiger partial charge on any atom is 0.434 e. The Hall–Kier alpha value is -1.65. The van der Waals surface area contributed by atoms with E-state index in [9.17, 15) is 10.1 Å². The molecule has 0 amide bonds. The Bertz CT molecular complexity index is 337. The zero-order valence-electron chi connectivity index (χ0n) is 7.60. The molecule has 70 valence electrons. The number of nitrogens with zero attached hydrogens (tertiary/aromatic N) is 3. The second-order valence-corrected chi connectivity index (χ2v) is 2.92. The largest absolute Gasteiger partial charge is 0.434 e. The Kier molecular flexibility index (Phi) is 2.79. The van der Waals surface area contributed by atoms with Crippen molar-refractivity contribution in [3.8, 4) is 0 Å². The van der Waals surface area contributed by atoms with E-state index < -0.39 is 4.92 Å². The van der Waals surface area contributed by atoms with Crippen LogP contribution in [0.25, 0.3) is 0 Å². The molecular weight excluding hydrogens is 170 g/mol. The Morgan fingerprint density at radius 1 is 1.77 bits per heavy atom. The van der Waals surface area contributed by atoms with Crippen LogP contribution in [0.3, 0.4) is 0 Å². The van der Waals surface area contributed by atoms with Crippen LogP contribution in [-0.2, 0) is 6.54 Å². The fourth-order valence-electron chi connectivity index (χ4n) is 0.897. The number of aromatic nitrogens is 2. The Labute approximate surface area is 75.9 Å². The third-order valence-electron chi connectivity index (χ3n) is 1.55. The van der Waals surface area contributed by atoms with E-state index in [4.69, 9.17) is 0 Å². The number of allylic oxidation sites excluding steroid dienone is 2. The van der Waals surface area contributed by atoms with E-state index in [-0.39, 0.29) is 5.95 Å². The van der Waals surface area contributed by atoms with E-state index in [1.165, 1.54) is 10.8 Å². The van der Waals surface area contributed by atoms with E-state index in [0.29, 0.717) is 6.54 Å². The van der Waals surface area contributed by atoms with Gasteiger partial charge >= 0.3 is 5.95 Å². The summed E-state index contributed by atoms with van der Waals surface area (Å²) < 4.78 is 1.49. The second-order valence-electron chi connectivity index (χ2n) is 2.92. The monoisotopic (exact) mass is 181 g/mol. The lowest BCUT2D eigenvalue weighted by atomic mass is 10.3. The first-order valence-corrected chi connectivity index (χ1v) is 3.90. The van der Waals surface area contributed by atoms with Gasteiger partial charge in [0.05, 0.1) is 6.54 Å². The zero-order chi connectivity index (χ0) is 9.84.